The van der Waals surface area contributed by atoms with Crippen LogP contribution < -0.4 is 46.4 Å². The van der Waals surface area contributed by atoms with Gasteiger partial charge in [0.1, 0.15) is 0 Å². The fourth-order valence-corrected chi connectivity index (χ4v) is 28.0. The van der Waals surface area contributed by atoms with Gasteiger partial charge in [0, 0.05) is 66.4 Å². The largest absolute Gasteiger partial charge is 0.311 e. The van der Waals surface area contributed by atoms with Crippen molar-refractivity contribution in [1.82, 2.24) is 13.7 Å². The molecule has 3 aromatic heterocycles. The van der Waals surface area contributed by atoms with Crippen molar-refractivity contribution in [2.24, 2.45) is 0 Å². The first-order valence-corrected chi connectivity index (χ1v) is 39.8. The van der Waals surface area contributed by atoms with Crippen molar-refractivity contribution in [2.45, 2.75) is 105 Å². The predicted octanol–water partition coefficient (Wildman–Crippen LogP) is 19.0. The summed E-state index contributed by atoms with van der Waals surface area (Å²) < 4.78 is 7.77. The number of hydrogen-bond donors (Lipinski definition) is 0. The van der Waals surface area contributed by atoms with Crippen molar-refractivity contribution >= 4 is 140 Å². The number of fused-ring (bicyclic) bond motifs is 13. The maximum Gasteiger partial charge on any atom is 0.184 e. The van der Waals surface area contributed by atoms with Gasteiger partial charge in [0.2, 0.25) is 0 Å². The van der Waals surface area contributed by atoms with Crippen molar-refractivity contribution in [3.8, 4) is 17.1 Å². The second-order valence-corrected chi connectivity index (χ2v) is 40.0. The summed E-state index contributed by atoms with van der Waals surface area (Å²) in [6.45, 7) is 28.0. The van der Waals surface area contributed by atoms with E-state index in [1.54, 1.807) is 0 Å². The molecule has 2 aliphatic rings. The standard InChI is InChI=1S/C94H84N4Si2/c1-91(2,3)61-41-47-78-72(53-61)73-54-62(92(4,5)6)42-48-79(73)95(78)65-45-51-82-76(57-65)77-58-66(96-80-49-43-63(93(7,8)9)55-74(80)75-56-64(94(10,11)12)44-50-81(75)96)46-52-83(77)97(82)67-59-88-90-89(60-67)100(70-33-21-15-22-34-70,71-35-23-16-24-36-71)87-40-28-26-38-85(87)98(90)84-37-25-27-39-86(84)99(88,68-29-17-13-18-30-68)69-31-19-14-20-32-69/h13-60H,1-12H3. The van der Waals surface area contributed by atoms with Crippen LogP contribution in [0.25, 0.3) is 82.5 Å². The molecule has 0 amide bonds. The fourth-order valence-electron chi connectivity index (χ4n) is 17.5. The lowest BCUT2D eigenvalue weighted by Crippen LogP contribution is -2.82. The number of anilines is 3. The zero-order valence-corrected chi connectivity index (χ0v) is 61.5. The Morgan fingerprint density at radius 1 is 0.220 bits per heavy atom. The van der Waals surface area contributed by atoms with Gasteiger partial charge in [-0.25, -0.2) is 0 Å². The summed E-state index contributed by atoms with van der Waals surface area (Å²) >= 11 is 0. The molecule has 4 nitrogen and oxygen atoms in total. The quantitative estimate of drug-likeness (QED) is 0.145. The molecule has 488 valence electrons. The van der Waals surface area contributed by atoms with Gasteiger partial charge in [-0.1, -0.05) is 265 Å². The summed E-state index contributed by atoms with van der Waals surface area (Å²) in [4.78, 5) is 2.69. The first-order chi connectivity index (χ1) is 48.1. The Bertz CT molecular complexity index is 5420. The van der Waals surface area contributed by atoms with Crippen molar-refractivity contribution in [3.05, 3.63) is 313 Å². The minimum Gasteiger partial charge on any atom is -0.311 e. The number of hydrogen-bond acceptors (Lipinski definition) is 1. The van der Waals surface area contributed by atoms with Crippen molar-refractivity contribution in [1.29, 1.82) is 0 Å². The van der Waals surface area contributed by atoms with E-state index in [0.717, 1.165) is 28.1 Å². The fraction of sp³-hybridized carbons (Fsp3) is 0.170. The smallest absolute Gasteiger partial charge is 0.184 e. The molecule has 0 atom stereocenters. The number of benzene rings is 13. The molecule has 18 rings (SSSR count). The lowest BCUT2D eigenvalue weighted by atomic mass is 9.85. The summed E-state index contributed by atoms with van der Waals surface area (Å²) in [6.07, 6.45) is 0. The van der Waals surface area contributed by atoms with Gasteiger partial charge in [0.25, 0.3) is 0 Å². The van der Waals surface area contributed by atoms with Crippen molar-refractivity contribution in [3.63, 3.8) is 0 Å². The van der Waals surface area contributed by atoms with Crippen LogP contribution in [0.2, 0.25) is 0 Å². The average molecular weight is 1330 g/mol. The summed E-state index contributed by atoms with van der Waals surface area (Å²) in [6, 6.07) is 114. The van der Waals surface area contributed by atoms with E-state index in [0.29, 0.717) is 0 Å². The van der Waals surface area contributed by atoms with E-state index in [9.17, 15) is 0 Å². The van der Waals surface area contributed by atoms with Gasteiger partial charge in [-0.05, 0) is 195 Å². The first-order valence-electron chi connectivity index (χ1n) is 35.8. The highest BCUT2D eigenvalue weighted by Crippen LogP contribution is 2.46. The van der Waals surface area contributed by atoms with Gasteiger partial charge < -0.3 is 18.6 Å². The van der Waals surface area contributed by atoms with E-state index in [2.05, 4.69) is 393 Å². The van der Waals surface area contributed by atoms with Crippen LogP contribution in [0.4, 0.5) is 17.1 Å². The molecule has 5 heterocycles. The van der Waals surface area contributed by atoms with Gasteiger partial charge >= 0.3 is 0 Å². The Labute approximate surface area is 590 Å². The second-order valence-electron chi connectivity index (χ2n) is 32.6. The summed E-state index contributed by atoms with van der Waals surface area (Å²) in [5.41, 5.74) is 19.6. The van der Waals surface area contributed by atoms with E-state index in [-0.39, 0.29) is 21.7 Å². The lowest BCUT2D eigenvalue weighted by Gasteiger charge is -2.52. The van der Waals surface area contributed by atoms with Crippen molar-refractivity contribution in [2.75, 3.05) is 4.90 Å². The van der Waals surface area contributed by atoms with E-state index in [4.69, 9.17) is 0 Å². The summed E-state index contributed by atoms with van der Waals surface area (Å²) in [5.74, 6) is 0. The molecular weight excluding hydrogens is 1240 g/mol. The van der Waals surface area contributed by atoms with E-state index in [1.165, 1.54) is 135 Å². The summed E-state index contributed by atoms with van der Waals surface area (Å²) in [5, 5.41) is 18.5. The number of nitrogens with zero attached hydrogens (tertiary/aromatic N) is 4. The SMILES string of the molecule is CC(C)(C)c1ccc2c(c1)c1cc(C(C)(C)C)ccc1n2-c1ccc2c(c1)c1cc(-n3c4ccc(C(C)(C)C)cc4c4cc(C(C)(C)C)ccc43)ccc1n2-c1cc2c3c(c1)[Si](c1ccccc1)(c1ccccc1)c1ccccc1N3c1ccccc1[Si]2(c1ccccc1)c1ccccc1. The van der Waals surface area contributed by atoms with Gasteiger partial charge in [0.15, 0.2) is 16.1 Å². The highest BCUT2D eigenvalue weighted by atomic mass is 28.3. The third kappa shape index (κ3) is 9.01. The molecule has 0 spiro atoms. The Kier molecular flexibility index (Phi) is 13.6. The third-order valence-electron chi connectivity index (χ3n) is 22.6. The highest BCUT2D eigenvalue weighted by molar-refractivity contribution is 7.24. The van der Waals surface area contributed by atoms with Crippen LogP contribution in [-0.4, -0.2) is 29.8 Å². The minimum atomic E-state index is -3.30. The van der Waals surface area contributed by atoms with Crippen LogP contribution in [-0.2, 0) is 21.7 Å². The Hall–Kier alpha value is -10.5. The molecule has 0 fully saturated rings. The molecule has 0 saturated carbocycles. The molecule has 0 bridgehead atoms. The zero-order chi connectivity index (χ0) is 68.6. The van der Waals surface area contributed by atoms with Crippen LogP contribution in [0.1, 0.15) is 105 Å². The van der Waals surface area contributed by atoms with Crippen LogP contribution in [0.3, 0.4) is 0 Å². The molecule has 0 aliphatic carbocycles. The van der Waals surface area contributed by atoms with Crippen LogP contribution >= 0.6 is 0 Å². The van der Waals surface area contributed by atoms with Gasteiger partial charge in [-0.3, -0.25) is 0 Å². The number of aromatic nitrogens is 3. The van der Waals surface area contributed by atoms with Crippen molar-refractivity contribution < 1.29 is 0 Å². The van der Waals surface area contributed by atoms with Crippen LogP contribution in [0.5, 0.6) is 0 Å². The third-order valence-corrected chi connectivity index (χ3v) is 32.2. The molecule has 6 heteroatoms. The van der Waals surface area contributed by atoms with Gasteiger partial charge in [-0.15, -0.1) is 0 Å². The molecule has 0 radical (unpaired) electrons. The number of rotatable bonds is 7. The predicted molar refractivity (Wildman–Crippen MR) is 433 cm³/mol. The highest BCUT2D eigenvalue weighted by Gasteiger charge is 2.56. The maximum absolute atomic E-state index is 3.30. The van der Waals surface area contributed by atoms with E-state index in [1.807, 2.05) is 0 Å². The summed E-state index contributed by atoms with van der Waals surface area (Å²) in [7, 11) is -6.59. The Morgan fingerprint density at radius 2 is 0.470 bits per heavy atom. The first kappa shape index (κ1) is 61.8. The molecule has 0 N–H and O–H groups in total. The molecular formula is C94H84N4Si2. The normalized spacial score (nSPS) is 14.3. The van der Waals surface area contributed by atoms with Crippen LogP contribution in [0, 0.1) is 0 Å². The molecule has 100 heavy (non-hydrogen) atoms. The molecule has 16 aromatic rings. The molecule has 0 saturated heterocycles. The van der Waals surface area contributed by atoms with E-state index >= 15 is 0 Å². The lowest BCUT2D eigenvalue weighted by molar-refractivity contribution is 0.590. The van der Waals surface area contributed by atoms with Gasteiger partial charge in [0.05, 0.1) is 33.1 Å². The second kappa shape index (κ2) is 22.0. The Balaban J connectivity index is 1.01. The Morgan fingerprint density at radius 3 is 0.760 bits per heavy atom. The zero-order valence-electron chi connectivity index (χ0n) is 59.5. The molecule has 13 aromatic carbocycles. The number of para-hydroxylation sites is 2. The van der Waals surface area contributed by atoms with E-state index < -0.39 is 16.1 Å². The maximum atomic E-state index is 2.69. The molecule has 2 aliphatic heterocycles. The van der Waals surface area contributed by atoms with Gasteiger partial charge in [-0.2, -0.15) is 0 Å². The average Bonchev–Trinajstić information content (AvgIpc) is 0.806. The molecule has 0 unspecified atom stereocenters. The minimum absolute atomic E-state index is 0.0300. The van der Waals surface area contributed by atoms with Crippen LogP contribution in [0.15, 0.2) is 291 Å². The monoisotopic (exact) mass is 1320 g/mol. The topological polar surface area (TPSA) is 18.0 Å².